The minimum atomic E-state index is -3.70. The first-order valence-corrected chi connectivity index (χ1v) is 11.8. The summed E-state index contributed by atoms with van der Waals surface area (Å²) in [6.45, 7) is 3.86. The van der Waals surface area contributed by atoms with E-state index in [9.17, 15) is 12.8 Å². The number of rotatable bonds is 4. The molecule has 2 aromatic carbocycles. The average molecular weight is 445 g/mol. The van der Waals surface area contributed by atoms with Crippen molar-refractivity contribution in [3.63, 3.8) is 0 Å². The number of ether oxygens (including phenoxy) is 1. The number of sulfonamides is 1. The SMILES string of the molecule is COc1ccc(S(=O)(=O)N2CCc3c([nH]c4ccc(F)cc34)C2)cc1N1CCNCC1. The zero-order valence-corrected chi connectivity index (χ0v) is 18.1. The highest BCUT2D eigenvalue weighted by molar-refractivity contribution is 7.89. The maximum Gasteiger partial charge on any atom is 0.243 e. The topological polar surface area (TPSA) is 77.7 Å². The molecule has 31 heavy (non-hydrogen) atoms. The van der Waals surface area contributed by atoms with Gasteiger partial charge in [-0.3, -0.25) is 0 Å². The molecule has 2 aliphatic heterocycles. The van der Waals surface area contributed by atoms with Gasteiger partial charge in [-0.2, -0.15) is 4.31 Å². The Morgan fingerprint density at radius 3 is 2.65 bits per heavy atom. The lowest BCUT2D eigenvalue weighted by molar-refractivity contribution is 0.388. The van der Waals surface area contributed by atoms with Crippen LogP contribution < -0.4 is 15.0 Å². The predicted molar refractivity (Wildman–Crippen MR) is 118 cm³/mol. The molecule has 164 valence electrons. The zero-order valence-electron chi connectivity index (χ0n) is 17.3. The lowest BCUT2D eigenvalue weighted by Gasteiger charge is -2.31. The Bertz CT molecular complexity index is 1240. The van der Waals surface area contributed by atoms with Crippen LogP contribution in [0.5, 0.6) is 5.75 Å². The van der Waals surface area contributed by atoms with E-state index in [4.69, 9.17) is 4.74 Å². The van der Waals surface area contributed by atoms with Gasteiger partial charge in [-0.15, -0.1) is 0 Å². The molecule has 0 amide bonds. The van der Waals surface area contributed by atoms with Crippen LogP contribution >= 0.6 is 0 Å². The van der Waals surface area contributed by atoms with E-state index in [1.54, 1.807) is 31.4 Å². The van der Waals surface area contributed by atoms with Gasteiger partial charge in [-0.25, -0.2) is 12.8 Å². The highest BCUT2D eigenvalue weighted by Crippen LogP contribution is 2.34. The molecule has 5 rings (SSSR count). The van der Waals surface area contributed by atoms with Crippen LogP contribution in [0.3, 0.4) is 0 Å². The number of hydrogen-bond donors (Lipinski definition) is 2. The number of nitrogens with zero attached hydrogens (tertiary/aromatic N) is 2. The molecule has 0 aliphatic carbocycles. The van der Waals surface area contributed by atoms with Gasteiger partial charge in [0.15, 0.2) is 0 Å². The Morgan fingerprint density at radius 1 is 1.06 bits per heavy atom. The Balaban J connectivity index is 1.47. The number of halogens is 1. The van der Waals surface area contributed by atoms with Crippen molar-refractivity contribution < 1.29 is 17.5 Å². The van der Waals surface area contributed by atoms with Crippen molar-refractivity contribution in [3.05, 3.63) is 53.5 Å². The Kier molecular flexibility index (Phi) is 5.11. The molecule has 0 radical (unpaired) electrons. The number of benzene rings is 2. The van der Waals surface area contributed by atoms with Crippen molar-refractivity contribution in [1.29, 1.82) is 0 Å². The second-order valence-corrected chi connectivity index (χ2v) is 9.87. The molecule has 1 saturated heterocycles. The van der Waals surface area contributed by atoms with Gasteiger partial charge in [0.2, 0.25) is 10.0 Å². The summed E-state index contributed by atoms with van der Waals surface area (Å²) in [4.78, 5) is 5.67. The van der Waals surface area contributed by atoms with E-state index in [0.717, 1.165) is 54.0 Å². The van der Waals surface area contributed by atoms with Crippen molar-refractivity contribution in [2.75, 3.05) is 44.7 Å². The highest BCUT2D eigenvalue weighted by Gasteiger charge is 2.31. The molecule has 1 aromatic heterocycles. The molecule has 0 atom stereocenters. The first kappa shape index (κ1) is 20.3. The number of nitrogens with one attached hydrogen (secondary N) is 2. The van der Waals surface area contributed by atoms with Gasteiger partial charge >= 0.3 is 0 Å². The first-order valence-electron chi connectivity index (χ1n) is 10.4. The van der Waals surface area contributed by atoms with E-state index in [0.29, 0.717) is 18.7 Å². The molecule has 0 saturated carbocycles. The van der Waals surface area contributed by atoms with Gasteiger partial charge in [-0.1, -0.05) is 0 Å². The Morgan fingerprint density at radius 2 is 1.87 bits per heavy atom. The van der Waals surface area contributed by atoms with Crippen LogP contribution in [0.1, 0.15) is 11.3 Å². The molecule has 0 bridgehead atoms. The lowest BCUT2D eigenvalue weighted by atomic mass is 10.0. The summed E-state index contributed by atoms with van der Waals surface area (Å²) in [5.41, 5.74) is 3.45. The van der Waals surface area contributed by atoms with Crippen LogP contribution in [-0.2, 0) is 23.0 Å². The summed E-state index contributed by atoms with van der Waals surface area (Å²) in [6, 6.07) is 9.67. The maximum absolute atomic E-state index is 13.7. The zero-order chi connectivity index (χ0) is 21.6. The van der Waals surface area contributed by atoms with Crippen molar-refractivity contribution in [1.82, 2.24) is 14.6 Å². The van der Waals surface area contributed by atoms with E-state index in [-0.39, 0.29) is 17.3 Å². The number of methoxy groups -OCH3 is 1. The number of anilines is 1. The average Bonchev–Trinajstić information content (AvgIpc) is 3.16. The second-order valence-electron chi connectivity index (χ2n) is 7.93. The van der Waals surface area contributed by atoms with Gasteiger partial charge in [0, 0.05) is 49.3 Å². The van der Waals surface area contributed by atoms with Gasteiger partial charge in [0.05, 0.1) is 24.2 Å². The number of fused-ring (bicyclic) bond motifs is 3. The van der Waals surface area contributed by atoms with E-state index >= 15 is 0 Å². The highest BCUT2D eigenvalue weighted by atomic mass is 32.2. The maximum atomic E-state index is 13.7. The van der Waals surface area contributed by atoms with Crippen molar-refractivity contribution in [3.8, 4) is 5.75 Å². The fourth-order valence-corrected chi connectivity index (χ4v) is 5.95. The summed E-state index contributed by atoms with van der Waals surface area (Å²) in [7, 11) is -2.10. The van der Waals surface area contributed by atoms with Gasteiger partial charge < -0.3 is 19.9 Å². The van der Waals surface area contributed by atoms with Crippen LogP contribution in [0.15, 0.2) is 41.3 Å². The third kappa shape index (κ3) is 3.56. The van der Waals surface area contributed by atoms with Crippen molar-refractivity contribution in [2.45, 2.75) is 17.9 Å². The number of hydrogen-bond acceptors (Lipinski definition) is 5. The summed E-state index contributed by atoms with van der Waals surface area (Å²) < 4.78 is 47.6. The quantitative estimate of drug-likeness (QED) is 0.647. The molecule has 2 N–H and O–H groups in total. The molecule has 2 aliphatic rings. The van der Waals surface area contributed by atoms with Gasteiger partial charge in [0.1, 0.15) is 11.6 Å². The molecular formula is C22H25FN4O3S. The van der Waals surface area contributed by atoms with Crippen molar-refractivity contribution >= 4 is 26.6 Å². The monoisotopic (exact) mass is 444 g/mol. The summed E-state index contributed by atoms with van der Waals surface area (Å²) >= 11 is 0. The largest absolute Gasteiger partial charge is 0.495 e. The number of H-pyrrole nitrogens is 1. The third-order valence-electron chi connectivity index (χ3n) is 6.15. The second kappa shape index (κ2) is 7.81. The van der Waals surface area contributed by atoms with E-state index in [2.05, 4.69) is 15.2 Å². The Hall–Kier alpha value is -2.62. The minimum absolute atomic E-state index is 0.239. The smallest absolute Gasteiger partial charge is 0.243 e. The fourth-order valence-electron chi connectivity index (χ4n) is 4.53. The van der Waals surface area contributed by atoms with Crippen molar-refractivity contribution in [2.24, 2.45) is 0 Å². The van der Waals surface area contributed by atoms with Crippen LogP contribution in [0.4, 0.5) is 10.1 Å². The van der Waals surface area contributed by atoms with E-state index in [1.165, 1.54) is 16.4 Å². The molecule has 9 heteroatoms. The lowest BCUT2D eigenvalue weighted by Crippen LogP contribution is -2.43. The number of piperazine rings is 1. The van der Waals surface area contributed by atoms with Crippen LogP contribution in [0.25, 0.3) is 10.9 Å². The van der Waals surface area contributed by atoms with Gasteiger partial charge in [-0.05, 0) is 48.4 Å². The van der Waals surface area contributed by atoms with E-state index in [1.807, 2.05) is 0 Å². The molecule has 0 spiro atoms. The summed E-state index contributed by atoms with van der Waals surface area (Å²) in [6.07, 6.45) is 0.540. The normalized spacial score (nSPS) is 17.7. The molecular weight excluding hydrogens is 419 g/mol. The first-order chi connectivity index (χ1) is 15.0. The summed E-state index contributed by atoms with van der Waals surface area (Å²) in [5.74, 6) is 0.377. The van der Waals surface area contributed by atoms with E-state index < -0.39 is 10.0 Å². The minimum Gasteiger partial charge on any atom is -0.495 e. The van der Waals surface area contributed by atoms with Crippen LogP contribution in [-0.4, -0.2) is 57.5 Å². The van der Waals surface area contributed by atoms with Crippen LogP contribution in [0, 0.1) is 5.82 Å². The predicted octanol–water partition coefficient (Wildman–Crippen LogP) is 2.47. The standard InChI is InChI=1S/C22H25FN4O3S/c1-30-22-5-3-16(13-21(22)26-10-7-24-8-11-26)31(28,29)27-9-6-17-18-12-15(23)2-4-19(18)25-20(17)14-27/h2-5,12-13,24-25H,6-11,14H2,1H3. The molecule has 0 unspecified atom stereocenters. The van der Waals surface area contributed by atoms with Crippen LogP contribution in [0.2, 0.25) is 0 Å². The number of aromatic amines is 1. The third-order valence-corrected chi connectivity index (χ3v) is 7.99. The molecule has 1 fully saturated rings. The summed E-state index contributed by atoms with van der Waals surface area (Å²) in [5, 5.41) is 4.14. The number of aromatic nitrogens is 1. The van der Waals surface area contributed by atoms with Gasteiger partial charge in [0.25, 0.3) is 0 Å². The molecule has 3 heterocycles. The fraction of sp³-hybridized carbons (Fsp3) is 0.364. The Labute approximate surface area is 180 Å². The molecule has 7 nitrogen and oxygen atoms in total. The molecule has 3 aromatic rings.